The van der Waals surface area contributed by atoms with Gasteiger partial charge in [-0.3, -0.25) is 4.90 Å². The minimum Gasteiger partial charge on any atom is -0.480 e. The van der Waals surface area contributed by atoms with Crippen LogP contribution in [0.4, 0.5) is 14.9 Å². The third kappa shape index (κ3) is 2.33. The van der Waals surface area contributed by atoms with E-state index in [1.165, 1.54) is 17.0 Å². The molecule has 7 heteroatoms. The van der Waals surface area contributed by atoms with Gasteiger partial charge in [-0.2, -0.15) is 0 Å². The number of aliphatic hydroxyl groups is 1. The zero-order chi connectivity index (χ0) is 15.1. The van der Waals surface area contributed by atoms with Crippen LogP contribution in [0.25, 0.3) is 0 Å². The summed E-state index contributed by atoms with van der Waals surface area (Å²) in [5, 5.41) is 18.8. The number of carbonyl (C=O) groups is 2. The van der Waals surface area contributed by atoms with Crippen LogP contribution in [-0.4, -0.2) is 52.3 Å². The molecule has 2 atom stereocenters. The third-order valence-electron chi connectivity index (χ3n) is 3.98. The molecule has 0 saturated carbocycles. The van der Waals surface area contributed by atoms with Crippen LogP contribution in [0.3, 0.4) is 0 Å². The quantitative estimate of drug-likeness (QED) is 0.804. The minimum absolute atomic E-state index is 0.0169. The van der Waals surface area contributed by atoms with Crippen molar-refractivity contribution in [3.05, 3.63) is 29.6 Å². The Balaban J connectivity index is 1.87. The van der Waals surface area contributed by atoms with Gasteiger partial charge in [0.1, 0.15) is 11.9 Å². The van der Waals surface area contributed by atoms with Crippen LogP contribution in [0.5, 0.6) is 0 Å². The van der Waals surface area contributed by atoms with E-state index in [4.69, 9.17) is 5.11 Å². The smallest absolute Gasteiger partial charge is 0.326 e. The van der Waals surface area contributed by atoms with Crippen molar-refractivity contribution < 1.29 is 24.2 Å². The number of nitrogens with zero attached hydrogens (tertiary/aromatic N) is 2. The van der Waals surface area contributed by atoms with Gasteiger partial charge in [0.05, 0.1) is 11.8 Å². The van der Waals surface area contributed by atoms with Crippen molar-refractivity contribution in [3.63, 3.8) is 0 Å². The molecular formula is C14H15FN2O4. The minimum atomic E-state index is -1.14. The third-order valence-corrected chi connectivity index (χ3v) is 3.98. The van der Waals surface area contributed by atoms with Crippen LogP contribution in [0.15, 0.2) is 18.2 Å². The predicted molar refractivity (Wildman–Crippen MR) is 71.6 cm³/mol. The largest absolute Gasteiger partial charge is 0.480 e. The highest BCUT2D eigenvalue weighted by molar-refractivity contribution is 5.96. The lowest BCUT2D eigenvalue weighted by atomic mass is 10.2. The highest BCUT2D eigenvalue weighted by Crippen LogP contribution is 2.31. The highest BCUT2D eigenvalue weighted by atomic mass is 19.1. The number of carboxylic acid groups (broad SMARTS) is 1. The fourth-order valence-electron chi connectivity index (χ4n) is 2.97. The number of carbonyl (C=O) groups excluding carboxylic acids is 1. The average molecular weight is 294 g/mol. The number of β-amino-alcohol motifs (C(OH)–C–C–N with tert-alkyl or cyclic N) is 1. The normalized spacial score (nSPS) is 24.3. The number of urea groups is 1. The van der Waals surface area contributed by atoms with E-state index in [0.717, 1.165) is 10.5 Å². The van der Waals surface area contributed by atoms with E-state index in [1.807, 2.05) is 0 Å². The molecule has 1 aromatic rings. The molecule has 0 spiro atoms. The number of fused-ring (bicyclic) bond motifs is 1. The second-order valence-corrected chi connectivity index (χ2v) is 5.35. The van der Waals surface area contributed by atoms with E-state index in [2.05, 4.69) is 0 Å². The van der Waals surface area contributed by atoms with Gasteiger partial charge in [0, 0.05) is 19.5 Å². The molecule has 0 aromatic heterocycles. The molecule has 0 unspecified atom stereocenters. The van der Waals surface area contributed by atoms with Gasteiger partial charge in [0.15, 0.2) is 0 Å². The molecule has 112 valence electrons. The van der Waals surface area contributed by atoms with Crippen molar-refractivity contribution >= 4 is 17.7 Å². The zero-order valence-electron chi connectivity index (χ0n) is 11.2. The maximum absolute atomic E-state index is 13.4. The van der Waals surface area contributed by atoms with Crippen LogP contribution in [0.2, 0.25) is 0 Å². The number of aliphatic hydroxyl groups excluding tert-OH is 1. The first kappa shape index (κ1) is 13.8. The Bertz CT molecular complexity index is 607. The van der Waals surface area contributed by atoms with Gasteiger partial charge in [-0.05, 0) is 24.1 Å². The number of rotatable bonds is 1. The van der Waals surface area contributed by atoms with Gasteiger partial charge in [-0.15, -0.1) is 0 Å². The van der Waals surface area contributed by atoms with E-state index >= 15 is 0 Å². The summed E-state index contributed by atoms with van der Waals surface area (Å²) in [6.07, 6.45) is -0.218. The van der Waals surface area contributed by atoms with Crippen molar-refractivity contribution in [2.24, 2.45) is 0 Å². The van der Waals surface area contributed by atoms with Gasteiger partial charge < -0.3 is 15.1 Å². The molecule has 0 bridgehead atoms. The van der Waals surface area contributed by atoms with Crippen molar-refractivity contribution in [2.45, 2.75) is 25.0 Å². The van der Waals surface area contributed by atoms with Gasteiger partial charge in [0.25, 0.3) is 0 Å². The summed E-state index contributed by atoms with van der Waals surface area (Å²) in [7, 11) is 0. The monoisotopic (exact) mass is 294 g/mol. The molecule has 0 aliphatic carbocycles. The van der Waals surface area contributed by atoms with Gasteiger partial charge in [-0.25, -0.2) is 14.0 Å². The molecule has 2 amide bonds. The molecule has 3 rings (SSSR count). The van der Waals surface area contributed by atoms with Gasteiger partial charge in [0.2, 0.25) is 0 Å². The molecule has 21 heavy (non-hydrogen) atoms. The van der Waals surface area contributed by atoms with Crippen LogP contribution in [0.1, 0.15) is 12.0 Å². The summed E-state index contributed by atoms with van der Waals surface area (Å²) >= 11 is 0. The molecule has 2 aliphatic rings. The maximum atomic E-state index is 13.4. The first-order chi connectivity index (χ1) is 9.97. The van der Waals surface area contributed by atoms with Crippen LogP contribution < -0.4 is 4.90 Å². The van der Waals surface area contributed by atoms with Crippen molar-refractivity contribution in [1.29, 1.82) is 0 Å². The number of halogens is 1. The highest BCUT2D eigenvalue weighted by Gasteiger charge is 2.42. The number of anilines is 1. The van der Waals surface area contributed by atoms with Crippen LogP contribution >= 0.6 is 0 Å². The van der Waals surface area contributed by atoms with E-state index in [1.54, 1.807) is 6.07 Å². The Morgan fingerprint density at radius 3 is 2.81 bits per heavy atom. The molecule has 1 fully saturated rings. The standard InChI is InChI=1S/C14H15FN2O4/c15-9-2-1-8-3-4-16(11(8)5-9)14(21)17-7-10(18)6-12(17)13(19)20/h1-2,5,10,12,18H,3-4,6-7H2,(H,19,20)/t10-,12+/m1/s1. The number of amides is 2. The zero-order valence-corrected chi connectivity index (χ0v) is 11.2. The second-order valence-electron chi connectivity index (χ2n) is 5.35. The molecular weight excluding hydrogens is 279 g/mol. The molecule has 6 nitrogen and oxygen atoms in total. The van der Waals surface area contributed by atoms with Crippen LogP contribution in [0, 0.1) is 5.82 Å². The molecule has 1 saturated heterocycles. The first-order valence-corrected chi connectivity index (χ1v) is 6.75. The molecule has 0 radical (unpaired) electrons. The number of carboxylic acids is 1. The Hall–Kier alpha value is -2.15. The van der Waals surface area contributed by atoms with E-state index < -0.39 is 30.0 Å². The lowest BCUT2D eigenvalue weighted by molar-refractivity contribution is -0.141. The number of likely N-dealkylation sites (tertiary alicyclic amines) is 1. The Kier molecular flexibility index (Phi) is 3.29. The molecule has 2 N–H and O–H groups in total. The first-order valence-electron chi connectivity index (χ1n) is 6.75. The number of hydrogen-bond donors (Lipinski definition) is 2. The van der Waals surface area contributed by atoms with E-state index in [9.17, 15) is 19.1 Å². The summed E-state index contributed by atoms with van der Waals surface area (Å²) in [4.78, 5) is 26.3. The van der Waals surface area contributed by atoms with Gasteiger partial charge in [-0.1, -0.05) is 6.07 Å². The van der Waals surface area contributed by atoms with Crippen molar-refractivity contribution in [3.8, 4) is 0 Å². The van der Waals surface area contributed by atoms with E-state index in [-0.39, 0.29) is 13.0 Å². The van der Waals surface area contributed by atoms with Crippen molar-refractivity contribution in [1.82, 2.24) is 4.90 Å². The summed E-state index contributed by atoms with van der Waals surface area (Å²) in [6.45, 7) is 0.369. The molecule has 2 aliphatic heterocycles. The molecule has 1 aromatic carbocycles. The number of benzene rings is 1. The summed E-state index contributed by atoms with van der Waals surface area (Å²) in [5.74, 6) is -1.58. The molecule has 2 heterocycles. The number of aliphatic carboxylic acids is 1. The lowest BCUT2D eigenvalue weighted by Crippen LogP contribution is -2.47. The summed E-state index contributed by atoms with van der Waals surface area (Å²) in [5.41, 5.74) is 1.34. The fraction of sp³-hybridized carbons (Fsp3) is 0.429. The SMILES string of the molecule is O=C(O)[C@@H]1C[C@@H](O)CN1C(=O)N1CCc2ccc(F)cc21. The Morgan fingerprint density at radius 2 is 2.10 bits per heavy atom. The topological polar surface area (TPSA) is 81.1 Å². The average Bonchev–Trinajstić information content (AvgIpc) is 3.01. The van der Waals surface area contributed by atoms with Gasteiger partial charge >= 0.3 is 12.0 Å². The number of hydrogen-bond acceptors (Lipinski definition) is 3. The second kappa shape index (κ2) is 5.00. The maximum Gasteiger partial charge on any atom is 0.326 e. The van der Waals surface area contributed by atoms with Crippen molar-refractivity contribution in [2.75, 3.05) is 18.0 Å². The Labute approximate surface area is 120 Å². The van der Waals surface area contributed by atoms with Crippen LogP contribution in [-0.2, 0) is 11.2 Å². The summed E-state index contributed by atoms with van der Waals surface area (Å²) in [6, 6.07) is 2.72. The predicted octanol–water partition coefficient (Wildman–Crippen LogP) is 0.828. The van der Waals surface area contributed by atoms with E-state index in [0.29, 0.717) is 18.7 Å². The fourth-order valence-corrected chi connectivity index (χ4v) is 2.97. The summed E-state index contributed by atoms with van der Waals surface area (Å²) < 4.78 is 13.4. The lowest BCUT2D eigenvalue weighted by Gasteiger charge is -2.27. The Morgan fingerprint density at radius 1 is 1.33 bits per heavy atom.